The number of alkyl carbamates (subject to hydrolysis) is 1. The van der Waals surface area contributed by atoms with Gasteiger partial charge in [0.2, 0.25) is 0 Å². The zero-order chi connectivity index (χ0) is 18.1. The molecule has 0 radical (unpaired) electrons. The fourth-order valence-electron chi connectivity index (χ4n) is 2.01. The van der Waals surface area contributed by atoms with E-state index >= 15 is 0 Å². The summed E-state index contributed by atoms with van der Waals surface area (Å²) < 4.78 is 5.05. The van der Waals surface area contributed by atoms with Gasteiger partial charge in [0.15, 0.2) is 0 Å². The number of benzene rings is 2. The van der Waals surface area contributed by atoms with E-state index in [4.69, 9.17) is 10.00 Å². The summed E-state index contributed by atoms with van der Waals surface area (Å²) in [6, 6.07) is 15.2. The lowest BCUT2D eigenvalue weighted by molar-refractivity contribution is -0.384. The summed E-state index contributed by atoms with van der Waals surface area (Å²) in [7, 11) is 0. The number of amides is 1. The van der Waals surface area contributed by atoms with Crippen LogP contribution in [0, 0.1) is 21.4 Å². The molecular formula is C18H15N3O4. The lowest BCUT2D eigenvalue weighted by atomic mass is 10.1. The predicted molar refractivity (Wildman–Crippen MR) is 91.5 cm³/mol. The van der Waals surface area contributed by atoms with Crippen LogP contribution in [0.25, 0.3) is 6.08 Å². The van der Waals surface area contributed by atoms with E-state index in [-0.39, 0.29) is 24.4 Å². The van der Waals surface area contributed by atoms with Crippen LogP contribution in [0.1, 0.15) is 16.7 Å². The standard InChI is InChI=1S/C18H15N3O4/c19-12-16-9-15(10-17(11-16)21(23)24)7-4-8-20-18(22)25-13-14-5-2-1-3-6-14/h1-7,9-11H,8,13H2,(H,20,22). The number of rotatable bonds is 6. The third-order valence-corrected chi connectivity index (χ3v) is 3.17. The molecule has 0 heterocycles. The highest BCUT2D eigenvalue weighted by atomic mass is 16.6. The van der Waals surface area contributed by atoms with Gasteiger partial charge in [0.05, 0.1) is 16.6 Å². The van der Waals surface area contributed by atoms with Gasteiger partial charge in [-0.1, -0.05) is 42.5 Å². The Labute approximate surface area is 144 Å². The van der Waals surface area contributed by atoms with Gasteiger partial charge < -0.3 is 10.1 Å². The van der Waals surface area contributed by atoms with Gasteiger partial charge in [0.1, 0.15) is 6.61 Å². The third-order valence-electron chi connectivity index (χ3n) is 3.17. The molecule has 1 amide bonds. The first kappa shape index (κ1) is 17.7. The van der Waals surface area contributed by atoms with Crippen molar-refractivity contribution in [2.75, 3.05) is 6.54 Å². The van der Waals surface area contributed by atoms with Crippen LogP contribution in [0.4, 0.5) is 10.5 Å². The van der Waals surface area contributed by atoms with E-state index in [1.807, 2.05) is 36.4 Å². The Morgan fingerprint density at radius 2 is 2.04 bits per heavy atom. The van der Waals surface area contributed by atoms with E-state index in [0.717, 1.165) is 5.56 Å². The fraction of sp³-hybridized carbons (Fsp3) is 0.111. The summed E-state index contributed by atoms with van der Waals surface area (Å²) in [5.74, 6) is 0. The van der Waals surface area contributed by atoms with E-state index < -0.39 is 11.0 Å². The van der Waals surface area contributed by atoms with Crippen LogP contribution >= 0.6 is 0 Å². The van der Waals surface area contributed by atoms with Crippen molar-refractivity contribution in [2.45, 2.75) is 6.61 Å². The maximum Gasteiger partial charge on any atom is 0.407 e. The minimum absolute atomic E-state index is 0.158. The SMILES string of the molecule is N#Cc1cc(C=CCNC(=O)OCc2ccccc2)cc([N+](=O)[O-])c1. The molecule has 0 aliphatic carbocycles. The smallest absolute Gasteiger partial charge is 0.407 e. The van der Waals surface area contributed by atoms with Crippen molar-refractivity contribution in [2.24, 2.45) is 0 Å². The molecule has 0 spiro atoms. The van der Waals surface area contributed by atoms with Gasteiger partial charge in [-0.2, -0.15) is 5.26 Å². The molecule has 7 heteroatoms. The Morgan fingerprint density at radius 1 is 1.28 bits per heavy atom. The predicted octanol–water partition coefficient (Wildman–Crippen LogP) is 3.41. The first-order valence-corrected chi connectivity index (χ1v) is 7.39. The van der Waals surface area contributed by atoms with E-state index in [1.54, 1.807) is 12.2 Å². The average molecular weight is 337 g/mol. The zero-order valence-electron chi connectivity index (χ0n) is 13.2. The fourth-order valence-corrected chi connectivity index (χ4v) is 2.01. The summed E-state index contributed by atoms with van der Waals surface area (Å²) >= 11 is 0. The number of carbonyl (C=O) groups excluding carboxylic acids is 1. The molecule has 126 valence electrons. The highest BCUT2D eigenvalue weighted by Gasteiger charge is 2.08. The van der Waals surface area contributed by atoms with E-state index in [9.17, 15) is 14.9 Å². The van der Waals surface area contributed by atoms with Crippen LogP contribution in [-0.2, 0) is 11.3 Å². The average Bonchev–Trinajstić information content (AvgIpc) is 2.64. The molecule has 0 aromatic heterocycles. The molecular weight excluding hydrogens is 322 g/mol. The van der Waals surface area contributed by atoms with Crippen LogP contribution < -0.4 is 5.32 Å². The maximum atomic E-state index is 11.6. The molecule has 2 aromatic rings. The molecule has 0 unspecified atom stereocenters. The van der Waals surface area contributed by atoms with Crippen LogP contribution in [0.5, 0.6) is 0 Å². The monoisotopic (exact) mass is 337 g/mol. The first-order chi connectivity index (χ1) is 12.1. The first-order valence-electron chi connectivity index (χ1n) is 7.39. The van der Waals surface area contributed by atoms with Crippen molar-refractivity contribution >= 4 is 17.9 Å². The number of nitrogens with one attached hydrogen (secondary N) is 1. The molecule has 0 saturated heterocycles. The Morgan fingerprint density at radius 3 is 2.72 bits per heavy atom. The Hall–Kier alpha value is -3.66. The Bertz CT molecular complexity index is 826. The lowest BCUT2D eigenvalue weighted by Gasteiger charge is -2.05. The minimum atomic E-state index is -0.565. The topological polar surface area (TPSA) is 105 Å². The lowest BCUT2D eigenvalue weighted by Crippen LogP contribution is -2.24. The largest absolute Gasteiger partial charge is 0.445 e. The number of nitro groups is 1. The number of hydrogen-bond donors (Lipinski definition) is 1. The quantitative estimate of drug-likeness (QED) is 0.642. The number of ether oxygens (including phenoxy) is 1. The second kappa shape index (κ2) is 8.84. The van der Waals surface area contributed by atoms with Crippen molar-refractivity contribution < 1.29 is 14.5 Å². The van der Waals surface area contributed by atoms with Crippen molar-refractivity contribution in [3.8, 4) is 6.07 Å². The molecule has 2 rings (SSSR count). The number of hydrogen-bond acceptors (Lipinski definition) is 5. The molecule has 25 heavy (non-hydrogen) atoms. The molecule has 0 aliphatic rings. The molecule has 0 saturated carbocycles. The number of nitriles is 1. The van der Waals surface area contributed by atoms with Crippen LogP contribution in [-0.4, -0.2) is 17.6 Å². The summed E-state index contributed by atoms with van der Waals surface area (Å²) in [4.78, 5) is 21.8. The summed E-state index contributed by atoms with van der Waals surface area (Å²) in [5.41, 5.74) is 1.43. The highest BCUT2D eigenvalue weighted by Crippen LogP contribution is 2.17. The maximum absolute atomic E-state index is 11.6. The highest BCUT2D eigenvalue weighted by molar-refractivity contribution is 5.67. The van der Waals surface area contributed by atoms with Crippen LogP contribution in [0.15, 0.2) is 54.6 Å². The van der Waals surface area contributed by atoms with Crippen molar-refractivity contribution in [3.05, 3.63) is 81.4 Å². The van der Waals surface area contributed by atoms with Crippen molar-refractivity contribution in [3.63, 3.8) is 0 Å². The van der Waals surface area contributed by atoms with Crippen molar-refractivity contribution in [1.82, 2.24) is 5.32 Å². The van der Waals surface area contributed by atoms with Crippen molar-refractivity contribution in [1.29, 1.82) is 5.26 Å². The second-order valence-corrected chi connectivity index (χ2v) is 5.03. The van der Waals surface area contributed by atoms with Crippen LogP contribution in [0.2, 0.25) is 0 Å². The normalized spacial score (nSPS) is 10.2. The molecule has 7 nitrogen and oxygen atoms in total. The Balaban J connectivity index is 1.84. The summed E-state index contributed by atoms with van der Waals surface area (Å²) in [6.45, 7) is 0.366. The third kappa shape index (κ3) is 5.80. The van der Waals surface area contributed by atoms with E-state index in [2.05, 4.69) is 5.32 Å². The van der Waals surface area contributed by atoms with Gasteiger partial charge in [0.25, 0.3) is 5.69 Å². The molecule has 2 aromatic carbocycles. The summed E-state index contributed by atoms with van der Waals surface area (Å²) in [5, 5.41) is 22.3. The number of nitrogens with zero attached hydrogens (tertiary/aromatic N) is 2. The van der Waals surface area contributed by atoms with Gasteiger partial charge in [-0.05, 0) is 17.2 Å². The molecule has 0 bridgehead atoms. The molecule has 1 N–H and O–H groups in total. The number of carbonyl (C=O) groups is 1. The van der Waals surface area contributed by atoms with E-state index in [0.29, 0.717) is 5.56 Å². The van der Waals surface area contributed by atoms with Gasteiger partial charge >= 0.3 is 6.09 Å². The zero-order valence-corrected chi connectivity index (χ0v) is 13.2. The van der Waals surface area contributed by atoms with Gasteiger partial charge in [0, 0.05) is 18.7 Å². The Kier molecular flexibility index (Phi) is 6.25. The van der Waals surface area contributed by atoms with Crippen LogP contribution in [0.3, 0.4) is 0 Å². The van der Waals surface area contributed by atoms with Gasteiger partial charge in [-0.15, -0.1) is 0 Å². The molecule has 0 aliphatic heterocycles. The second-order valence-electron chi connectivity index (χ2n) is 5.03. The minimum Gasteiger partial charge on any atom is -0.445 e. The molecule has 0 fully saturated rings. The summed E-state index contributed by atoms with van der Waals surface area (Å²) in [6.07, 6.45) is 2.64. The van der Waals surface area contributed by atoms with Gasteiger partial charge in [-0.25, -0.2) is 4.79 Å². The molecule has 0 atom stereocenters. The number of non-ortho nitro benzene ring substituents is 1. The number of nitro benzene ring substituents is 1. The van der Waals surface area contributed by atoms with E-state index in [1.165, 1.54) is 18.2 Å². The van der Waals surface area contributed by atoms with Gasteiger partial charge in [-0.3, -0.25) is 10.1 Å².